The van der Waals surface area contributed by atoms with E-state index < -0.39 is 36.6 Å². The number of aryl methyl sites for hydroxylation is 1. The molecule has 0 unspecified atom stereocenters. The summed E-state index contributed by atoms with van der Waals surface area (Å²) in [5.74, 6) is -0.342. The Kier molecular flexibility index (Phi) is 14.9. The number of carbonyl (C=O) groups is 2. The first-order chi connectivity index (χ1) is 31.6. The number of allylic oxidation sites excluding steroid dienone is 1. The van der Waals surface area contributed by atoms with E-state index >= 15 is 0 Å². The van der Waals surface area contributed by atoms with Crippen molar-refractivity contribution >= 4 is 49.0 Å². The van der Waals surface area contributed by atoms with Crippen LogP contribution in [0.2, 0.25) is 5.02 Å². The van der Waals surface area contributed by atoms with E-state index in [0.29, 0.717) is 56.5 Å². The number of ether oxygens (including phenoxy) is 2. The number of piperazine rings is 2. The van der Waals surface area contributed by atoms with Crippen molar-refractivity contribution in [3.05, 3.63) is 101 Å². The summed E-state index contributed by atoms with van der Waals surface area (Å²) in [5, 5.41) is -0.155. The molecule has 358 valence electrons. The van der Waals surface area contributed by atoms with Crippen LogP contribution in [0.15, 0.2) is 83.8 Å². The number of nitrogens with zero attached hydrogens (tertiary/aromatic N) is 4. The van der Waals surface area contributed by atoms with Gasteiger partial charge in [0.2, 0.25) is 15.9 Å². The van der Waals surface area contributed by atoms with Crippen LogP contribution in [0.3, 0.4) is 0 Å². The van der Waals surface area contributed by atoms with Crippen LogP contribution >= 0.6 is 11.6 Å². The molecule has 4 heterocycles. The van der Waals surface area contributed by atoms with Gasteiger partial charge in [0.1, 0.15) is 11.4 Å². The highest BCUT2D eigenvalue weighted by Crippen LogP contribution is 2.47. The minimum atomic E-state index is -4.04. The molecular formula is C50H66ClN5O8S2. The van der Waals surface area contributed by atoms with Crippen molar-refractivity contribution in [3.8, 4) is 5.75 Å². The average molecular weight is 965 g/mol. The molecule has 3 fully saturated rings. The smallest absolute Gasteiger partial charge is 0.264 e. The van der Waals surface area contributed by atoms with E-state index in [1.165, 1.54) is 11.1 Å². The first-order valence-corrected chi connectivity index (χ1v) is 27.3. The first-order valence-electron chi connectivity index (χ1n) is 23.7. The molecule has 13 nitrogen and oxygen atoms in total. The summed E-state index contributed by atoms with van der Waals surface area (Å²) in [6.07, 6.45) is 8.45. The molecule has 3 aromatic carbocycles. The van der Waals surface area contributed by atoms with Crippen LogP contribution in [0.5, 0.6) is 5.75 Å². The molecule has 0 aromatic heterocycles. The summed E-state index contributed by atoms with van der Waals surface area (Å²) in [4.78, 5) is 36.6. The van der Waals surface area contributed by atoms with E-state index in [9.17, 15) is 26.4 Å². The van der Waals surface area contributed by atoms with E-state index in [1.807, 2.05) is 17.9 Å². The Morgan fingerprint density at radius 1 is 0.970 bits per heavy atom. The van der Waals surface area contributed by atoms with Gasteiger partial charge < -0.3 is 19.3 Å². The first kappa shape index (κ1) is 48.5. The van der Waals surface area contributed by atoms with Crippen LogP contribution < -0.4 is 14.4 Å². The number of anilines is 1. The molecule has 2 bridgehead atoms. The fraction of sp³-hybridized carbons (Fsp3) is 0.560. The third-order valence-corrected chi connectivity index (χ3v) is 19.0. The van der Waals surface area contributed by atoms with Crippen molar-refractivity contribution in [3.63, 3.8) is 0 Å². The van der Waals surface area contributed by atoms with Crippen molar-refractivity contribution in [2.24, 2.45) is 17.8 Å². The summed E-state index contributed by atoms with van der Waals surface area (Å²) >= 11 is 6.53. The lowest BCUT2D eigenvalue weighted by Gasteiger charge is -2.53. The van der Waals surface area contributed by atoms with Crippen LogP contribution in [0, 0.1) is 17.8 Å². The summed E-state index contributed by atoms with van der Waals surface area (Å²) in [6, 6.07) is 19.7. The fourth-order valence-corrected chi connectivity index (χ4v) is 13.6. The predicted octanol–water partition coefficient (Wildman–Crippen LogP) is 6.42. The Labute approximate surface area is 396 Å². The summed E-state index contributed by atoms with van der Waals surface area (Å²) < 4.78 is 69.3. The molecule has 1 N–H and O–H groups in total. The maximum Gasteiger partial charge on any atom is 0.264 e. The van der Waals surface area contributed by atoms with Gasteiger partial charge in [-0.2, -0.15) is 0 Å². The van der Waals surface area contributed by atoms with Crippen molar-refractivity contribution < 1.29 is 35.9 Å². The van der Waals surface area contributed by atoms with Gasteiger partial charge in [-0.05, 0) is 104 Å². The monoisotopic (exact) mass is 963 g/mol. The van der Waals surface area contributed by atoms with E-state index in [1.54, 1.807) is 62.6 Å². The molecule has 2 saturated heterocycles. The maximum atomic E-state index is 13.8. The second-order valence-electron chi connectivity index (χ2n) is 19.2. The van der Waals surface area contributed by atoms with Gasteiger partial charge in [0, 0.05) is 95.0 Å². The molecule has 5 aliphatic rings. The number of rotatable bonds is 10. The number of carbonyl (C=O) groups excluding carboxylic acids is 2. The molecule has 4 aliphatic heterocycles. The molecule has 8 rings (SSSR count). The SMILES string of the molecule is CCCc1cc(Cl)ccc1[C@@H]1COc2ccc3cc2N(C1)C[C@@H]1CC[C@H]1[C@@](CN1CCN2CCN(C(=O)CCS(=O)(=O)c4ccccc4)C[C@@H]2C1)(OC)/C=C/C[C@H](C)[C@@H](C)S(=O)(=O)NC3=O. The third kappa shape index (κ3) is 10.5. The highest BCUT2D eigenvalue weighted by molar-refractivity contribution is 7.91. The van der Waals surface area contributed by atoms with Crippen LogP contribution in [0.4, 0.5) is 5.69 Å². The molecule has 1 saturated carbocycles. The molecule has 16 heteroatoms. The number of nitrogens with one attached hydrogen (secondary N) is 1. The van der Waals surface area contributed by atoms with Gasteiger partial charge in [0.15, 0.2) is 9.84 Å². The number of hydrogen-bond acceptors (Lipinski definition) is 11. The largest absolute Gasteiger partial charge is 0.491 e. The van der Waals surface area contributed by atoms with Crippen LogP contribution in [0.1, 0.15) is 80.3 Å². The van der Waals surface area contributed by atoms with Gasteiger partial charge in [-0.1, -0.05) is 68.3 Å². The van der Waals surface area contributed by atoms with Crippen molar-refractivity contribution in [1.82, 2.24) is 19.4 Å². The molecule has 3 aromatic rings. The van der Waals surface area contributed by atoms with E-state index in [2.05, 4.69) is 50.6 Å². The summed E-state index contributed by atoms with van der Waals surface area (Å²) in [6.45, 7) is 12.3. The Bertz CT molecular complexity index is 2490. The molecule has 0 radical (unpaired) electrons. The second kappa shape index (κ2) is 20.3. The second-order valence-corrected chi connectivity index (χ2v) is 23.8. The van der Waals surface area contributed by atoms with E-state index in [4.69, 9.17) is 21.1 Å². The maximum absolute atomic E-state index is 13.8. The topological polar surface area (TPSA) is 146 Å². The van der Waals surface area contributed by atoms with Gasteiger partial charge in [-0.3, -0.25) is 19.4 Å². The standard InChI is InChI=1S/C50H66ClN5O8S2/c1-5-10-37-27-41(51)16-17-44(37)40-30-56-29-39-14-18-45(39)50(63-4,21-9-11-35(2)36(3)66(61,62)52-49(58)38-15-19-47(64-33-40)46(56)28-38)34-53-22-23-54-24-25-55(32-42(54)31-53)48(57)20-26-65(59,60)43-12-7-6-8-13-43/h6-9,12-13,15-17,19,21,27-28,35-36,39-40,42,45H,5,10-11,14,18,20,22-26,29-34H2,1-4H3,(H,52,58)/b21-9+/t35-,36+,39-,40-,42-,45+,50+/m0/s1. The highest BCUT2D eigenvalue weighted by Gasteiger charge is 2.49. The Hall–Kier alpha value is -3.99. The minimum Gasteiger partial charge on any atom is -0.491 e. The van der Waals surface area contributed by atoms with E-state index in [-0.39, 0.29) is 58.3 Å². The van der Waals surface area contributed by atoms with Gasteiger partial charge >= 0.3 is 0 Å². The van der Waals surface area contributed by atoms with Crippen LogP contribution in [0.25, 0.3) is 0 Å². The van der Waals surface area contributed by atoms with Gasteiger partial charge in [-0.25, -0.2) is 21.6 Å². The number of benzene rings is 3. The lowest BCUT2D eigenvalue weighted by atomic mass is 9.63. The van der Waals surface area contributed by atoms with Gasteiger partial charge in [0.05, 0.1) is 28.2 Å². The quantitative estimate of drug-likeness (QED) is 0.225. The molecular weight excluding hydrogens is 898 g/mol. The van der Waals surface area contributed by atoms with Crippen LogP contribution in [-0.2, 0) is 35.8 Å². The number of methoxy groups -OCH3 is 1. The van der Waals surface area contributed by atoms with Crippen molar-refractivity contribution in [2.75, 3.05) is 83.3 Å². The number of sulfonamides is 1. The number of halogens is 1. The Morgan fingerprint density at radius 3 is 2.50 bits per heavy atom. The molecule has 1 aliphatic carbocycles. The van der Waals surface area contributed by atoms with Crippen molar-refractivity contribution in [1.29, 1.82) is 0 Å². The normalized spacial score (nSPS) is 29.0. The molecule has 7 atom stereocenters. The minimum absolute atomic E-state index is 0.00101. The molecule has 66 heavy (non-hydrogen) atoms. The number of amides is 2. The number of sulfone groups is 1. The highest BCUT2D eigenvalue weighted by atomic mass is 35.5. The summed E-state index contributed by atoms with van der Waals surface area (Å²) in [7, 11) is -5.83. The zero-order valence-corrected chi connectivity index (χ0v) is 41.1. The van der Waals surface area contributed by atoms with Crippen LogP contribution in [-0.4, -0.2) is 139 Å². The summed E-state index contributed by atoms with van der Waals surface area (Å²) in [5.41, 5.74) is 2.69. The van der Waals surface area contributed by atoms with Crippen molar-refractivity contribution in [2.45, 2.75) is 87.0 Å². The van der Waals surface area contributed by atoms with E-state index in [0.717, 1.165) is 57.5 Å². The zero-order chi connectivity index (χ0) is 46.8. The van der Waals surface area contributed by atoms with Gasteiger partial charge in [0.25, 0.3) is 5.91 Å². The predicted molar refractivity (Wildman–Crippen MR) is 259 cm³/mol. The Balaban J connectivity index is 1.07. The lowest BCUT2D eigenvalue weighted by Crippen LogP contribution is -2.65. The van der Waals surface area contributed by atoms with Gasteiger partial charge in [-0.15, -0.1) is 0 Å². The Morgan fingerprint density at radius 2 is 1.76 bits per heavy atom. The zero-order valence-electron chi connectivity index (χ0n) is 38.7. The fourth-order valence-electron chi connectivity index (χ4n) is 10.9. The lowest BCUT2D eigenvalue weighted by molar-refractivity contribution is -0.136. The third-order valence-electron chi connectivity index (χ3n) is 15.1. The number of hydrogen-bond donors (Lipinski definition) is 1. The molecule has 0 spiro atoms. The number of fused-ring (bicyclic) bond motifs is 3. The average Bonchev–Trinajstić information content (AvgIpc) is 3.47. The molecule has 2 amide bonds.